The Hall–Kier alpha value is -2.63. The van der Waals surface area contributed by atoms with Gasteiger partial charge in [-0.15, -0.1) is 0 Å². The van der Waals surface area contributed by atoms with Crippen LogP contribution in [0.1, 0.15) is 11.1 Å². The molecule has 1 aliphatic rings. The topological polar surface area (TPSA) is 50.8 Å². The van der Waals surface area contributed by atoms with E-state index in [1.807, 2.05) is 42.5 Å². The summed E-state index contributed by atoms with van der Waals surface area (Å²) in [6.45, 7) is 4.31. The number of para-hydroxylation sites is 1. The normalized spacial score (nSPS) is 15.1. The van der Waals surface area contributed by atoms with Crippen molar-refractivity contribution in [2.75, 3.05) is 38.7 Å². The number of ether oxygens (including phenoxy) is 2. The zero-order valence-corrected chi connectivity index (χ0v) is 15.0. The van der Waals surface area contributed by atoms with Gasteiger partial charge in [-0.25, -0.2) is 0 Å². The zero-order chi connectivity index (χ0) is 18.2. The molecule has 1 N–H and O–H groups in total. The van der Waals surface area contributed by atoms with Crippen molar-refractivity contribution in [2.45, 2.75) is 6.54 Å². The van der Waals surface area contributed by atoms with E-state index in [0.717, 1.165) is 49.8 Å². The lowest BCUT2D eigenvalue weighted by Gasteiger charge is -2.26. The van der Waals surface area contributed by atoms with Gasteiger partial charge in [0, 0.05) is 37.0 Å². The maximum absolute atomic E-state index is 12.2. The van der Waals surface area contributed by atoms with Crippen LogP contribution in [0.2, 0.25) is 0 Å². The van der Waals surface area contributed by atoms with Crippen molar-refractivity contribution >= 4 is 17.7 Å². The highest BCUT2D eigenvalue weighted by Crippen LogP contribution is 2.19. The summed E-state index contributed by atoms with van der Waals surface area (Å²) < 4.78 is 10.7. The first kappa shape index (κ1) is 18.2. The van der Waals surface area contributed by atoms with Crippen LogP contribution in [0.4, 0.5) is 5.69 Å². The van der Waals surface area contributed by atoms with E-state index in [1.165, 1.54) is 11.6 Å². The molecule has 1 saturated heterocycles. The second kappa shape index (κ2) is 9.17. The van der Waals surface area contributed by atoms with Crippen LogP contribution in [0.25, 0.3) is 6.08 Å². The molecule has 0 radical (unpaired) electrons. The fraction of sp³-hybridized carbons (Fsp3) is 0.286. The molecular weight excluding hydrogens is 328 g/mol. The lowest BCUT2D eigenvalue weighted by molar-refractivity contribution is -0.111. The summed E-state index contributed by atoms with van der Waals surface area (Å²) in [7, 11) is 1.62. The molecule has 0 bridgehead atoms. The summed E-state index contributed by atoms with van der Waals surface area (Å²) in [5.41, 5.74) is 2.84. The lowest BCUT2D eigenvalue weighted by Crippen LogP contribution is -2.35. The molecule has 1 fully saturated rings. The van der Waals surface area contributed by atoms with Crippen LogP contribution in [0.15, 0.2) is 54.6 Å². The SMILES string of the molecule is COc1ccccc1/C=C/C(=O)Nc1cccc(CN2CCOCC2)c1. The average Bonchev–Trinajstić information content (AvgIpc) is 2.67. The summed E-state index contributed by atoms with van der Waals surface area (Å²) in [6, 6.07) is 15.6. The van der Waals surface area contributed by atoms with Gasteiger partial charge in [0.25, 0.3) is 0 Å². The Morgan fingerprint density at radius 3 is 2.81 bits per heavy atom. The molecule has 1 heterocycles. The van der Waals surface area contributed by atoms with Gasteiger partial charge in [0.05, 0.1) is 20.3 Å². The molecule has 5 nitrogen and oxygen atoms in total. The predicted molar refractivity (Wildman–Crippen MR) is 103 cm³/mol. The molecule has 2 aromatic rings. The monoisotopic (exact) mass is 352 g/mol. The molecule has 1 aliphatic heterocycles. The molecule has 0 aromatic heterocycles. The molecule has 1 amide bonds. The Morgan fingerprint density at radius 1 is 1.19 bits per heavy atom. The van der Waals surface area contributed by atoms with Crippen LogP contribution in [0.5, 0.6) is 5.75 Å². The molecule has 26 heavy (non-hydrogen) atoms. The number of amides is 1. The van der Waals surface area contributed by atoms with Crippen LogP contribution in [-0.4, -0.2) is 44.2 Å². The summed E-state index contributed by atoms with van der Waals surface area (Å²) in [5, 5.41) is 2.92. The minimum Gasteiger partial charge on any atom is -0.496 e. The minimum absolute atomic E-state index is 0.167. The van der Waals surface area contributed by atoms with Gasteiger partial charge in [0.1, 0.15) is 5.75 Å². The number of hydrogen-bond donors (Lipinski definition) is 1. The first-order valence-electron chi connectivity index (χ1n) is 8.76. The first-order chi connectivity index (χ1) is 12.7. The zero-order valence-electron chi connectivity index (χ0n) is 15.0. The maximum atomic E-state index is 12.2. The lowest BCUT2D eigenvalue weighted by atomic mass is 10.1. The van der Waals surface area contributed by atoms with E-state index in [4.69, 9.17) is 9.47 Å². The second-order valence-corrected chi connectivity index (χ2v) is 6.15. The molecule has 0 unspecified atom stereocenters. The number of hydrogen-bond acceptors (Lipinski definition) is 4. The fourth-order valence-electron chi connectivity index (χ4n) is 2.92. The van der Waals surface area contributed by atoms with E-state index in [9.17, 15) is 4.79 Å². The number of rotatable bonds is 6. The first-order valence-corrected chi connectivity index (χ1v) is 8.76. The Morgan fingerprint density at radius 2 is 2.00 bits per heavy atom. The van der Waals surface area contributed by atoms with E-state index in [-0.39, 0.29) is 5.91 Å². The van der Waals surface area contributed by atoms with Crippen molar-refractivity contribution in [1.82, 2.24) is 4.90 Å². The average molecular weight is 352 g/mol. The van der Waals surface area contributed by atoms with Crippen molar-refractivity contribution in [3.05, 3.63) is 65.7 Å². The number of carbonyl (C=O) groups excluding carboxylic acids is 1. The van der Waals surface area contributed by atoms with Gasteiger partial charge in [-0.1, -0.05) is 30.3 Å². The summed E-state index contributed by atoms with van der Waals surface area (Å²) in [4.78, 5) is 14.6. The molecule has 0 aliphatic carbocycles. The van der Waals surface area contributed by atoms with E-state index < -0.39 is 0 Å². The van der Waals surface area contributed by atoms with Crippen molar-refractivity contribution in [3.63, 3.8) is 0 Å². The van der Waals surface area contributed by atoms with Crippen molar-refractivity contribution in [1.29, 1.82) is 0 Å². The summed E-state index contributed by atoms with van der Waals surface area (Å²) in [5.74, 6) is 0.573. The van der Waals surface area contributed by atoms with Gasteiger partial charge in [-0.2, -0.15) is 0 Å². The number of anilines is 1. The highest BCUT2D eigenvalue weighted by Gasteiger charge is 2.11. The van der Waals surface area contributed by atoms with E-state index in [0.29, 0.717) is 0 Å². The van der Waals surface area contributed by atoms with Crippen LogP contribution < -0.4 is 10.1 Å². The van der Waals surface area contributed by atoms with Gasteiger partial charge < -0.3 is 14.8 Å². The van der Waals surface area contributed by atoms with Gasteiger partial charge in [0.15, 0.2) is 0 Å². The number of morpholine rings is 1. The smallest absolute Gasteiger partial charge is 0.248 e. The van der Waals surface area contributed by atoms with Crippen LogP contribution >= 0.6 is 0 Å². The molecule has 136 valence electrons. The summed E-state index contributed by atoms with van der Waals surface area (Å²) >= 11 is 0. The standard InChI is InChI=1S/C21H24N2O3/c1-25-20-8-3-2-6-18(20)9-10-21(24)22-19-7-4-5-17(15-19)16-23-11-13-26-14-12-23/h2-10,15H,11-14,16H2,1H3,(H,22,24)/b10-9+. The number of nitrogens with one attached hydrogen (secondary N) is 1. The van der Waals surface area contributed by atoms with E-state index in [1.54, 1.807) is 13.2 Å². The highest BCUT2D eigenvalue weighted by molar-refractivity contribution is 6.02. The predicted octanol–water partition coefficient (Wildman–Crippen LogP) is 3.18. The summed E-state index contributed by atoms with van der Waals surface area (Å²) in [6.07, 6.45) is 3.28. The Balaban J connectivity index is 1.60. The molecule has 0 saturated carbocycles. The molecular formula is C21H24N2O3. The number of benzene rings is 2. The van der Waals surface area contributed by atoms with Gasteiger partial charge in [-0.3, -0.25) is 9.69 Å². The molecule has 5 heteroatoms. The Kier molecular flexibility index (Phi) is 6.41. The highest BCUT2D eigenvalue weighted by atomic mass is 16.5. The molecule has 3 rings (SSSR count). The third-order valence-electron chi connectivity index (χ3n) is 4.26. The molecule has 0 spiro atoms. The quantitative estimate of drug-likeness (QED) is 0.812. The Labute approximate surface area is 154 Å². The van der Waals surface area contributed by atoms with Crippen molar-refractivity contribution < 1.29 is 14.3 Å². The van der Waals surface area contributed by atoms with E-state index in [2.05, 4.69) is 16.3 Å². The second-order valence-electron chi connectivity index (χ2n) is 6.15. The van der Waals surface area contributed by atoms with Crippen LogP contribution in [0, 0.1) is 0 Å². The van der Waals surface area contributed by atoms with Gasteiger partial charge in [-0.05, 0) is 29.8 Å². The van der Waals surface area contributed by atoms with Crippen molar-refractivity contribution in [2.24, 2.45) is 0 Å². The molecule has 0 atom stereocenters. The van der Waals surface area contributed by atoms with Crippen LogP contribution in [-0.2, 0) is 16.1 Å². The fourth-order valence-corrected chi connectivity index (χ4v) is 2.92. The number of nitrogens with zero attached hydrogens (tertiary/aromatic N) is 1. The largest absolute Gasteiger partial charge is 0.496 e. The number of carbonyl (C=O) groups is 1. The van der Waals surface area contributed by atoms with Crippen LogP contribution in [0.3, 0.4) is 0 Å². The minimum atomic E-state index is -0.167. The molecule has 2 aromatic carbocycles. The Bertz CT molecular complexity index is 767. The maximum Gasteiger partial charge on any atom is 0.248 e. The van der Waals surface area contributed by atoms with Crippen molar-refractivity contribution in [3.8, 4) is 5.75 Å². The third-order valence-corrected chi connectivity index (χ3v) is 4.26. The third kappa shape index (κ3) is 5.18. The number of methoxy groups -OCH3 is 1. The van der Waals surface area contributed by atoms with Gasteiger partial charge in [0.2, 0.25) is 5.91 Å². The van der Waals surface area contributed by atoms with E-state index >= 15 is 0 Å². The van der Waals surface area contributed by atoms with Gasteiger partial charge >= 0.3 is 0 Å².